The number of para-hydroxylation sites is 1. The molecule has 0 aliphatic rings. The number of fused-ring (bicyclic) bond motifs is 2. The van der Waals surface area contributed by atoms with Crippen LogP contribution in [0.15, 0.2) is 59.4 Å². The van der Waals surface area contributed by atoms with Gasteiger partial charge in [-0.2, -0.15) is 0 Å². The Balaban J connectivity index is 2.03. The zero-order valence-electron chi connectivity index (χ0n) is 18.5. The van der Waals surface area contributed by atoms with Crippen LogP contribution in [0.2, 0.25) is 5.15 Å². The standard InChI is InChI=1S/C26H15ClF3N3O3/c1-2-19-21(14-9-12-5-3-4-6-18(12)31-22(14)26(35)36)23(34)15-11-17(30)24(27)32-25(15)33(19)20-8-7-13(28)10-16(20)29/h3-11H,2H2,1H3,(H,35,36). The van der Waals surface area contributed by atoms with E-state index in [0.717, 1.165) is 18.2 Å². The third-order valence-electron chi connectivity index (χ3n) is 5.84. The van der Waals surface area contributed by atoms with Crippen molar-refractivity contribution < 1.29 is 23.1 Å². The maximum Gasteiger partial charge on any atom is 0.355 e. The zero-order valence-corrected chi connectivity index (χ0v) is 19.3. The molecule has 180 valence electrons. The van der Waals surface area contributed by atoms with E-state index in [4.69, 9.17) is 11.6 Å². The second-order valence-electron chi connectivity index (χ2n) is 7.95. The highest BCUT2D eigenvalue weighted by Crippen LogP contribution is 2.33. The molecule has 6 nitrogen and oxygen atoms in total. The lowest BCUT2D eigenvalue weighted by Crippen LogP contribution is -2.20. The average Bonchev–Trinajstić information content (AvgIpc) is 2.85. The molecule has 5 aromatic rings. The Labute approximate surface area is 206 Å². The molecular formula is C26H15ClF3N3O3. The van der Waals surface area contributed by atoms with Gasteiger partial charge in [-0.1, -0.05) is 36.7 Å². The highest BCUT2D eigenvalue weighted by atomic mass is 35.5. The normalized spacial score (nSPS) is 11.4. The van der Waals surface area contributed by atoms with E-state index >= 15 is 4.39 Å². The lowest BCUT2D eigenvalue weighted by molar-refractivity contribution is 0.0692. The molecule has 0 atom stereocenters. The maximum absolute atomic E-state index is 15.0. The van der Waals surface area contributed by atoms with Crippen molar-refractivity contribution in [2.45, 2.75) is 13.3 Å². The number of pyridine rings is 3. The first kappa shape index (κ1) is 23.5. The van der Waals surface area contributed by atoms with Crippen LogP contribution in [0.1, 0.15) is 23.1 Å². The fraction of sp³-hybridized carbons (Fsp3) is 0.0769. The smallest absolute Gasteiger partial charge is 0.355 e. The number of carboxylic acid groups (broad SMARTS) is 1. The molecule has 3 aromatic heterocycles. The van der Waals surface area contributed by atoms with Crippen molar-refractivity contribution in [1.82, 2.24) is 14.5 Å². The number of carboxylic acids is 1. The molecule has 3 heterocycles. The quantitative estimate of drug-likeness (QED) is 0.303. The van der Waals surface area contributed by atoms with Crippen molar-refractivity contribution in [3.8, 4) is 16.8 Å². The molecule has 36 heavy (non-hydrogen) atoms. The summed E-state index contributed by atoms with van der Waals surface area (Å²) in [7, 11) is 0. The zero-order chi connectivity index (χ0) is 25.7. The van der Waals surface area contributed by atoms with E-state index in [1.807, 2.05) is 0 Å². The van der Waals surface area contributed by atoms with Gasteiger partial charge in [0.15, 0.2) is 27.7 Å². The van der Waals surface area contributed by atoms with Gasteiger partial charge >= 0.3 is 5.97 Å². The number of hydrogen-bond donors (Lipinski definition) is 1. The summed E-state index contributed by atoms with van der Waals surface area (Å²) in [5.41, 5.74) is -1.08. The van der Waals surface area contributed by atoms with Crippen LogP contribution in [-0.4, -0.2) is 25.6 Å². The lowest BCUT2D eigenvalue weighted by atomic mass is 9.96. The molecule has 0 bridgehead atoms. The summed E-state index contributed by atoms with van der Waals surface area (Å²) >= 11 is 5.91. The van der Waals surface area contributed by atoms with Gasteiger partial charge in [-0.3, -0.25) is 9.36 Å². The fourth-order valence-corrected chi connectivity index (χ4v) is 4.44. The second-order valence-corrected chi connectivity index (χ2v) is 8.31. The molecule has 0 unspecified atom stereocenters. The van der Waals surface area contributed by atoms with Crippen molar-refractivity contribution in [1.29, 1.82) is 0 Å². The van der Waals surface area contributed by atoms with Gasteiger partial charge in [0.1, 0.15) is 11.6 Å². The van der Waals surface area contributed by atoms with E-state index in [2.05, 4.69) is 9.97 Å². The first-order chi connectivity index (χ1) is 17.2. The van der Waals surface area contributed by atoms with Crippen LogP contribution in [0.4, 0.5) is 13.2 Å². The molecule has 0 saturated carbocycles. The second kappa shape index (κ2) is 8.76. The maximum atomic E-state index is 15.0. The predicted molar refractivity (Wildman–Crippen MR) is 129 cm³/mol. The van der Waals surface area contributed by atoms with E-state index in [-0.39, 0.29) is 40.0 Å². The predicted octanol–water partition coefficient (Wildman–Crippen LogP) is 5.93. The molecule has 0 aliphatic heterocycles. The molecule has 0 saturated heterocycles. The average molecular weight is 510 g/mol. The summed E-state index contributed by atoms with van der Waals surface area (Å²) < 4.78 is 44.4. The van der Waals surface area contributed by atoms with Gasteiger partial charge in [0, 0.05) is 22.7 Å². The third-order valence-corrected chi connectivity index (χ3v) is 6.10. The van der Waals surface area contributed by atoms with Crippen LogP contribution in [0.5, 0.6) is 0 Å². The highest BCUT2D eigenvalue weighted by molar-refractivity contribution is 6.30. The summed E-state index contributed by atoms with van der Waals surface area (Å²) in [5.74, 6) is -4.18. The van der Waals surface area contributed by atoms with Crippen molar-refractivity contribution in [2.24, 2.45) is 0 Å². The minimum absolute atomic E-state index is 0.0309. The van der Waals surface area contributed by atoms with Gasteiger partial charge in [-0.15, -0.1) is 0 Å². The van der Waals surface area contributed by atoms with Gasteiger partial charge in [-0.05, 0) is 36.8 Å². The van der Waals surface area contributed by atoms with Gasteiger partial charge in [0.05, 0.1) is 22.2 Å². The van der Waals surface area contributed by atoms with Gasteiger partial charge in [-0.25, -0.2) is 27.9 Å². The first-order valence-electron chi connectivity index (χ1n) is 10.7. The largest absolute Gasteiger partial charge is 0.476 e. The molecule has 2 aromatic carbocycles. The van der Waals surface area contributed by atoms with Gasteiger partial charge in [0.25, 0.3) is 0 Å². The lowest BCUT2D eigenvalue weighted by Gasteiger charge is -2.21. The number of nitrogens with zero attached hydrogens (tertiary/aromatic N) is 3. The van der Waals surface area contributed by atoms with E-state index in [0.29, 0.717) is 17.0 Å². The molecule has 5 rings (SSSR count). The number of rotatable bonds is 4. The Bertz CT molecular complexity index is 1790. The molecule has 0 radical (unpaired) electrons. The van der Waals surface area contributed by atoms with Crippen molar-refractivity contribution in [3.63, 3.8) is 0 Å². The fourth-order valence-electron chi connectivity index (χ4n) is 4.30. The van der Waals surface area contributed by atoms with Crippen LogP contribution in [-0.2, 0) is 6.42 Å². The molecule has 0 aliphatic carbocycles. The van der Waals surface area contributed by atoms with Crippen LogP contribution in [0.25, 0.3) is 38.8 Å². The number of aromatic carboxylic acids is 1. The summed E-state index contributed by atoms with van der Waals surface area (Å²) in [6.07, 6.45) is 0.0971. The van der Waals surface area contributed by atoms with Gasteiger partial charge < -0.3 is 5.11 Å². The van der Waals surface area contributed by atoms with Gasteiger partial charge in [0.2, 0.25) is 0 Å². The van der Waals surface area contributed by atoms with Crippen LogP contribution in [0, 0.1) is 17.5 Å². The topological polar surface area (TPSA) is 85.1 Å². The van der Waals surface area contributed by atoms with E-state index in [1.165, 1.54) is 10.6 Å². The van der Waals surface area contributed by atoms with E-state index in [1.54, 1.807) is 31.2 Å². The van der Waals surface area contributed by atoms with E-state index < -0.39 is 39.7 Å². The first-order valence-corrected chi connectivity index (χ1v) is 11.1. The number of aromatic nitrogens is 3. The Morgan fingerprint density at radius 1 is 1.03 bits per heavy atom. The minimum Gasteiger partial charge on any atom is -0.476 e. The summed E-state index contributed by atoms with van der Waals surface area (Å²) in [5, 5.41) is 9.67. The van der Waals surface area contributed by atoms with E-state index in [9.17, 15) is 23.5 Å². The highest BCUT2D eigenvalue weighted by Gasteiger charge is 2.26. The Hall–Kier alpha value is -4.24. The summed E-state index contributed by atoms with van der Waals surface area (Å²) in [6.45, 7) is 1.67. The number of carbonyl (C=O) groups is 1. The minimum atomic E-state index is -1.39. The SMILES string of the molecule is CCc1c(-c2cc3ccccc3nc2C(=O)O)c(=O)c2cc(F)c(Cl)nc2n1-c1ccc(F)cc1F. The molecule has 1 N–H and O–H groups in total. The van der Waals surface area contributed by atoms with Crippen LogP contribution < -0.4 is 5.43 Å². The molecular weight excluding hydrogens is 495 g/mol. The Morgan fingerprint density at radius 2 is 1.78 bits per heavy atom. The number of halogens is 4. The Morgan fingerprint density at radius 3 is 2.47 bits per heavy atom. The summed E-state index contributed by atoms with van der Waals surface area (Å²) in [4.78, 5) is 34.2. The number of hydrogen-bond acceptors (Lipinski definition) is 4. The van der Waals surface area contributed by atoms with Crippen LogP contribution >= 0.6 is 11.6 Å². The van der Waals surface area contributed by atoms with Crippen molar-refractivity contribution in [2.75, 3.05) is 0 Å². The Kier molecular flexibility index (Phi) is 5.72. The summed E-state index contributed by atoms with van der Waals surface area (Å²) in [6, 6.07) is 11.9. The molecule has 10 heteroatoms. The third kappa shape index (κ3) is 3.68. The van der Waals surface area contributed by atoms with Crippen molar-refractivity contribution in [3.05, 3.63) is 98.8 Å². The van der Waals surface area contributed by atoms with Crippen molar-refractivity contribution >= 4 is 39.5 Å². The monoisotopic (exact) mass is 509 g/mol. The molecule has 0 fully saturated rings. The van der Waals surface area contributed by atoms with Crippen LogP contribution in [0.3, 0.4) is 0 Å². The number of benzene rings is 2. The molecule has 0 spiro atoms. The molecule has 0 amide bonds.